The quantitative estimate of drug-likeness (QED) is 0.509. The van der Waals surface area contributed by atoms with Crippen molar-refractivity contribution in [2.75, 3.05) is 32.1 Å². The maximum Gasteiger partial charge on any atom is 0.410 e. The Kier molecular flexibility index (Phi) is 7.62. The topological polar surface area (TPSA) is 84.9 Å². The van der Waals surface area contributed by atoms with Gasteiger partial charge in [0.05, 0.1) is 18.3 Å². The first-order chi connectivity index (χ1) is 15.8. The number of carbonyl (C=O) groups excluding carboxylic acids is 2. The molecule has 0 spiro atoms. The second kappa shape index (κ2) is 9.96. The van der Waals surface area contributed by atoms with Crippen LogP contribution >= 0.6 is 23.2 Å². The number of benzene rings is 1. The molecular formula is C24H30Cl2N4O4. The first-order valence-corrected chi connectivity index (χ1v) is 11.7. The zero-order chi connectivity index (χ0) is 25.3. The molecule has 1 saturated heterocycles. The monoisotopic (exact) mass is 508 g/mol. The summed E-state index contributed by atoms with van der Waals surface area (Å²) in [6.45, 7) is 8.90. The highest BCUT2D eigenvalue weighted by molar-refractivity contribution is 6.34. The van der Waals surface area contributed by atoms with Gasteiger partial charge in [0.25, 0.3) is 0 Å². The van der Waals surface area contributed by atoms with E-state index < -0.39 is 5.60 Å². The summed E-state index contributed by atoms with van der Waals surface area (Å²) in [6.07, 6.45) is 2.64. The Bertz CT molecular complexity index is 1080. The van der Waals surface area contributed by atoms with Crippen LogP contribution < -0.4 is 9.64 Å². The fourth-order valence-electron chi connectivity index (χ4n) is 3.70. The SMILES string of the molecule is COc1cc(C(=O)c2ncc(N3CCC(C)(N(C)C(=O)OC(C)(C)C)CC3)nc2Cl)ccc1Cl. The predicted octanol–water partition coefficient (Wildman–Crippen LogP) is 5.25. The van der Waals surface area contributed by atoms with Gasteiger partial charge in [-0.25, -0.2) is 14.8 Å². The van der Waals surface area contributed by atoms with E-state index in [0.29, 0.717) is 48.1 Å². The number of methoxy groups -OCH3 is 1. The number of hydrogen-bond acceptors (Lipinski definition) is 7. The zero-order valence-electron chi connectivity index (χ0n) is 20.3. The fraction of sp³-hybridized carbons (Fsp3) is 0.500. The number of rotatable bonds is 5. The van der Waals surface area contributed by atoms with Crippen LogP contribution in [-0.2, 0) is 4.74 Å². The van der Waals surface area contributed by atoms with Crippen molar-refractivity contribution in [2.45, 2.75) is 51.7 Å². The van der Waals surface area contributed by atoms with Gasteiger partial charge in [-0.15, -0.1) is 0 Å². The van der Waals surface area contributed by atoms with Crippen LogP contribution in [0.25, 0.3) is 0 Å². The molecule has 34 heavy (non-hydrogen) atoms. The molecule has 8 nitrogen and oxygen atoms in total. The molecule has 3 rings (SSSR count). The highest BCUT2D eigenvalue weighted by atomic mass is 35.5. The van der Waals surface area contributed by atoms with E-state index in [1.807, 2.05) is 25.7 Å². The highest BCUT2D eigenvalue weighted by Gasteiger charge is 2.38. The Morgan fingerprint density at radius 3 is 2.38 bits per heavy atom. The third kappa shape index (κ3) is 5.73. The van der Waals surface area contributed by atoms with Crippen LogP contribution in [0.3, 0.4) is 0 Å². The Hall–Kier alpha value is -2.58. The van der Waals surface area contributed by atoms with Crippen LogP contribution in [0.1, 0.15) is 56.6 Å². The Morgan fingerprint density at radius 1 is 1.18 bits per heavy atom. The van der Waals surface area contributed by atoms with Crippen molar-refractivity contribution in [1.82, 2.24) is 14.9 Å². The summed E-state index contributed by atoms with van der Waals surface area (Å²) in [7, 11) is 3.25. The second-order valence-electron chi connectivity index (χ2n) is 9.57. The summed E-state index contributed by atoms with van der Waals surface area (Å²) in [4.78, 5) is 37.9. The molecule has 1 aliphatic rings. The maximum atomic E-state index is 12.9. The summed E-state index contributed by atoms with van der Waals surface area (Å²) in [5, 5.41) is 0.427. The molecule has 0 N–H and O–H groups in total. The van der Waals surface area contributed by atoms with Crippen LogP contribution in [0.5, 0.6) is 5.75 Å². The predicted molar refractivity (Wildman–Crippen MR) is 132 cm³/mol. The van der Waals surface area contributed by atoms with Crippen molar-refractivity contribution in [3.8, 4) is 5.75 Å². The molecule has 1 aromatic heterocycles. The van der Waals surface area contributed by atoms with Crippen molar-refractivity contribution in [3.63, 3.8) is 0 Å². The number of nitrogens with zero attached hydrogens (tertiary/aromatic N) is 4. The molecule has 0 radical (unpaired) electrons. The normalized spacial score (nSPS) is 15.6. The lowest BCUT2D eigenvalue weighted by molar-refractivity contribution is 0.00345. The largest absolute Gasteiger partial charge is 0.495 e. The van der Waals surface area contributed by atoms with Crippen molar-refractivity contribution in [3.05, 3.63) is 45.8 Å². The molecular weight excluding hydrogens is 479 g/mol. The molecule has 1 aliphatic heterocycles. The molecule has 1 fully saturated rings. The number of piperidine rings is 1. The number of amides is 1. The number of anilines is 1. The van der Waals surface area contributed by atoms with Crippen molar-refractivity contribution in [1.29, 1.82) is 0 Å². The Morgan fingerprint density at radius 2 is 1.82 bits per heavy atom. The van der Waals surface area contributed by atoms with Gasteiger partial charge in [0.2, 0.25) is 5.78 Å². The molecule has 10 heteroatoms. The van der Waals surface area contributed by atoms with Gasteiger partial charge in [-0.2, -0.15) is 0 Å². The molecule has 0 unspecified atom stereocenters. The summed E-state index contributed by atoms with van der Waals surface area (Å²) in [5.74, 6) is 0.599. The van der Waals surface area contributed by atoms with E-state index in [9.17, 15) is 9.59 Å². The lowest BCUT2D eigenvalue weighted by Crippen LogP contribution is -2.55. The first kappa shape index (κ1) is 26.0. The van der Waals surface area contributed by atoms with E-state index in [1.54, 1.807) is 36.3 Å². The highest BCUT2D eigenvalue weighted by Crippen LogP contribution is 2.32. The van der Waals surface area contributed by atoms with E-state index in [1.165, 1.54) is 7.11 Å². The van der Waals surface area contributed by atoms with Gasteiger partial charge in [-0.1, -0.05) is 23.2 Å². The third-order valence-corrected chi connectivity index (χ3v) is 6.56. The summed E-state index contributed by atoms with van der Waals surface area (Å²) >= 11 is 12.4. The number of ether oxygens (including phenoxy) is 2. The van der Waals surface area contributed by atoms with Crippen LogP contribution in [0.4, 0.5) is 10.6 Å². The molecule has 1 amide bonds. The van der Waals surface area contributed by atoms with Gasteiger partial charge in [-0.05, 0) is 58.7 Å². The standard InChI is InChI=1S/C24H30Cl2N4O4/c1-23(2,3)34-22(32)29(5)24(4)9-11-30(12-10-24)18-14-27-19(21(26)28-18)20(31)15-7-8-16(25)17(13-15)33-6/h7-8,13-14H,9-12H2,1-6H3. The Balaban J connectivity index is 1.70. The fourth-order valence-corrected chi connectivity index (χ4v) is 4.12. The van der Waals surface area contributed by atoms with Crippen LogP contribution in [0, 0.1) is 0 Å². The van der Waals surface area contributed by atoms with Gasteiger partial charge in [0, 0.05) is 31.2 Å². The van der Waals surface area contributed by atoms with E-state index in [4.69, 9.17) is 32.7 Å². The second-order valence-corrected chi connectivity index (χ2v) is 10.3. The summed E-state index contributed by atoms with van der Waals surface area (Å²) in [6, 6.07) is 4.72. The molecule has 0 saturated carbocycles. The number of halogens is 2. The van der Waals surface area contributed by atoms with Gasteiger partial charge in [0.1, 0.15) is 22.9 Å². The molecule has 0 atom stereocenters. The van der Waals surface area contributed by atoms with Crippen molar-refractivity contribution in [2.24, 2.45) is 0 Å². The minimum atomic E-state index is -0.551. The molecule has 0 bridgehead atoms. The maximum absolute atomic E-state index is 12.9. The van der Waals surface area contributed by atoms with Crippen molar-refractivity contribution < 1.29 is 19.1 Å². The van der Waals surface area contributed by atoms with Crippen LogP contribution in [0.2, 0.25) is 10.2 Å². The number of hydrogen-bond donors (Lipinski definition) is 0. The van der Waals surface area contributed by atoms with Gasteiger partial charge in [0.15, 0.2) is 5.15 Å². The minimum Gasteiger partial charge on any atom is -0.495 e. The lowest BCUT2D eigenvalue weighted by atomic mass is 9.88. The van der Waals surface area contributed by atoms with Gasteiger partial charge >= 0.3 is 6.09 Å². The van der Waals surface area contributed by atoms with Crippen LogP contribution in [-0.4, -0.2) is 65.1 Å². The Labute approximate surface area is 210 Å². The molecule has 0 aliphatic carbocycles. The van der Waals surface area contributed by atoms with E-state index >= 15 is 0 Å². The number of carbonyl (C=O) groups is 2. The van der Waals surface area contributed by atoms with Gasteiger partial charge < -0.3 is 19.3 Å². The van der Waals surface area contributed by atoms with Crippen molar-refractivity contribution >= 4 is 40.9 Å². The lowest BCUT2D eigenvalue weighted by Gasteiger charge is -2.45. The molecule has 1 aromatic carbocycles. The molecule has 2 heterocycles. The first-order valence-electron chi connectivity index (χ1n) is 11.0. The number of ketones is 1. The zero-order valence-corrected chi connectivity index (χ0v) is 21.8. The average Bonchev–Trinajstić information content (AvgIpc) is 2.77. The third-order valence-electron chi connectivity index (χ3n) is 5.99. The number of aromatic nitrogens is 2. The van der Waals surface area contributed by atoms with E-state index in [-0.39, 0.29) is 28.3 Å². The van der Waals surface area contributed by atoms with E-state index in [2.05, 4.69) is 16.9 Å². The van der Waals surface area contributed by atoms with Crippen LogP contribution in [0.15, 0.2) is 24.4 Å². The van der Waals surface area contributed by atoms with Gasteiger partial charge in [-0.3, -0.25) is 4.79 Å². The average molecular weight is 509 g/mol. The smallest absolute Gasteiger partial charge is 0.410 e. The summed E-state index contributed by atoms with van der Waals surface area (Å²) in [5.41, 5.74) is -0.490. The minimum absolute atomic E-state index is 0.0237. The molecule has 184 valence electrons. The summed E-state index contributed by atoms with van der Waals surface area (Å²) < 4.78 is 10.7. The molecule has 2 aromatic rings. The van der Waals surface area contributed by atoms with E-state index in [0.717, 1.165) is 0 Å².